The van der Waals surface area contributed by atoms with E-state index >= 15 is 0 Å². The van der Waals surface area contributed by atoms with Crippen LogP contribution in [-0.4, -0.2) is 12.0 Å². The summed E-state index contributed by atoms with van der Waals surface area (Å²) >= 11 is 1.86. The third-order valence-electron chi connectivity index (χ3n) is 3.91. The number of rotatable bonds is 3. The number of nitrogens with one attached hydrogen (secondary N) is 1. The molecule has 2 aromatic rings. The Morgan fingerprint density at radius 2 is 2.11 bits per heavy atom. The van der Waals surface area contributed by atoms with Crippen LogP contribution in [0.4, 0.5) is 0 Å². The summed E-state index contributed by atoms with van der Waals surface area (Å²) in [6.07, 6.45) is 4.71. The minimum atomic E-state index is 0.505. The molecule has 3 heteroatoms. The van der Waals surface area contributed by atoms with Crippen LogP contribution in [0.1, 0.15) is 41.9 Å². The largest absolute Gasteiger partial charge is 0.312 e. The lowest BCUT2D eigenvalue weighted by Gasteiger charge is -2.19. The van der Waals surface area contributed by atoms with Crippen LogP contribution in [0.2, 0.25) is 0 Å². The van der Waals surface area contributed by atoms with E-state index in [2.05, 4.69) is 43.6 Å². The van der Waals surface area contributed by atoms with Crippen molar-refractivity contribution in [1.82, 2.24) is 10.3 Å². The number of hydrogen-bond donors (Lipinski definition) is 1. The number of fused-ring (bicyclic) bond motifs is 1. The zero-order chi connectivity index (χ0) is 13.2. The molecule has 0 saturated carbocycles. The van der Waals surface area contributed by atoms with E-state index in [1.807, 2.05) is 11.3 Å². The van der Waals surface area contributed by atoms with Gasteiger partial charge in [0.05, 0.1) is 5.69 Å². The minimum Gasteiger partial charge on any atom is -0.312 e. The fourth-order valence-corrected chi connectivity index (χ4v) is 3.96. The Bertz CT molecular complexity index is 557. The molecule has 1 unspecified atom stereocenters. The van der Waals surface area contributed by atoms with Crippen molar-refractivity contribution < 1.29 is 0 Å². The van der Waals surface area contributed by atoms with Gasteiger partial charge in [0.2, 0.25) is 0 Å². The lowest BCUT2D eigenvalue weighted by molar-refractivity contribution is 0.501. The quantitative estimate of drug-likeness (QED) is 0.914. The van der Waals surface area contributed by atoms with Crippen molar-refractivity contribution in [1.29, 1.82) is 0 Å². The monoisotopic (exact) mass is 272 g/mol. The molecule has 0 bridgehead atoms. The highest BCUT2D eigenvalue weighted by Gasteiger charge is 2.23. The Morgan fingerprint density at radius 3 is 2.79 bits per heavy atom. The van der Waals surface area contributed by atoms with Gasteiger partial charge in [-0.3, -0.25) is 0 Å². The van der Waals surface area contributed by atoms with Crippen molar-refractivity contribution in [3.8, 4) is 10.6 Å². The van der Waals surface area contributed by atoms with Crippen LogP contribution in [-0.2, 0) is 12.8 Å². The van der Waals surface area contributed by atoms with Crippen molar-refractivity contribution in [3.63, 3.8) is 0 Å². The number of aromatic nitrogens is 1. The van der Waals surface area contributed by atoms with Crippen molar-refractivity contribution in [2.45, 2.75) is 38.6 Å². The van der Waals surface area contributed by atoms with Crippen molar-refractivity contribution in [2.24, 2.45) is 0 Å². The molecular weight excluding hydrogens is 252 g/mol. The van der Waals surface area contributed by atoms with Crippen molar-refractivity contribution >= 4 is 11.3 Å². The first-order valence-corrected chi connectivity index (χ1v) is 7.89. The Hall–Kier alpha value is -1.19. The molecule has 1 aliphatic rings. The highest BCUT2D eigenvalue weighted by Crippen LogP contribution is 2.37. The van der Waals surface area contributed by atoms with E-state index in [4.69, 9.17) is 4.98 Å². The zero-order valence-electron chi connectivity index (χ0n) is 11.6. The Labute approximate surface area is 118 Å². The maximum Gasteiger partial charge on any atom is 0.123 e. The highest BCUT2D eigenvalue weighted by molar-refractivity contribution is 7.15. The van der Waals surface area contributed by atoms with Crippen LogP contribution in [0.25, 0.3) is 10.6 Å². The SMILES string of the molecule is CCc1ccc(-c2nc3c(s2)C(NC)CCC3)cc1. The Kier molecular flexibility index (Phi) is 3.67. The van der Waals surface area contributed by atoms with Gasteiger partial charge in [0, 0.05) is 16.5 Å². The molecule has 3 rings (SSSR count). The summed E-state index contributed by atoms with van der Waals surface area (Å²) in [6, 6.07) is 9.34. The third kappa shape index (κ3) is 2.45. The summed E-state index contributed by atoms with van der Waals surface area (Å²) in [7, 11) is 2.05. The van der Waals surface area contributed by atoms with Gasteiger partial charge < -0.3 is 5.32 Å². The topological polar surface area (TPSA) is 24.9 Å². The van der Waals surface area contributed by atoms with E-state index in [1.54, 1.807) is 0 Å². The minimum absolute atomic E-state index is 0.505. The van der Waals surface area contributed by atoms with Crippen LogP contribution in [0.5, 0.6) is 0 Å². The molecule has 0 spiro atoms. The summed E-state index contributed by atoms with van der Waals surface area (Å²) in [5.41, 5.74) is 3.95. The zero-order valence-corrected chi connectivity index (χ0v) is 12.4. The fourth-order valence-electron chi connectivity index (χ4n) is 2.70. The van der Waals surface area contributed by atoms with Gasteiger partial charge in [-0.15, -0.1) is 11.3 Å². The molecule has 1 aromatic heterocycles. The summed E-state index contributed by atoms with van der Waals surface area (Å²) in [5.74, 6) is 0. The van der Waals surface area contributed by atoms with Crippen LogP contribution >= 0.6 is 11.3 Å². The van der Waals surface area contributed by atoms with Gasteiger partial charge in [-0.25, -0.2) is 4.98 Å². The average molecular weight is 272 g/mol. The molecule has 1 N–H and O–H groups in total. The van der Waals surface area contributed by atoms with E-state index in [0.717, 1.165) is 12.8 Å². The summed E-state index contributed by atoms with van der Waals surface area (Å²) in [4.78, 5) is 6.30. The first-order valence-electron chi connectivity index (χ1n) is 7.08. The van der Waals surface area contributed by atoms with E-state index in [0.29, 0.717) is 6.04 Å². The second-order valence-electron chi connectivity index (χ2n) is 5.11. The van der Waals surface area contributed by atoms with Gasteiger partial charge in [-0.2, -0.15) is 0 Å². The fraction of sp³-hybridized carbons (Fsp3) is 0.438. The summed E-state index contributed by atoms with van der Waals surface area (Å²) in [6.45, 7) is 2.19. The number of nitrogens with zero attached hydrogens (tertiary/aromatic N) is 1. The molecule has 0 fully saturated rings. The van der Waals surface area contributed by atoms with E-state index in [-0.39, 0.29) is 0 Å². The molecule has 2 nitrogen and oxygen atoms in total. The number of thiazole rings is 1. The summed E-state index contributed by atoms with van der Waals surface area (Å²) in [5, 5.41) is 4.59. The first-order chi connectivity index (χ1) is 9.31. The lowest BCUT2D eigenvalue weighted by Crippen LogP contribution is -2.19. The molecule has 0 aliphatic heterocycles. The van der Waals surface area contributed by atoms with E-state index < -0.39 is 0 Å². The molecule has 1 atom stereocenters. The second kappa shape index (κ2) is 5.43. The second-order valence-corrected chi connectivity index (χ2v) is 6.14. The van der Waals surface area contributed by atoms with Crippen LogP contribution < -0.4 is 5.32 Å². The molecule has 0 saturated heterocycles. The van der Waals surface area contributed by atoms with E-state index in [1.165, 1.54) is 39.5 Å². The van der Waals surface area contributed by atoms with Gasteiger partial charge >= 0.3 is 0 Å². The van der Waals surface area contributed by atoms with Crippen LogP contribution in [0.15, 0.2) is 24.3 Å². The van der Waals surface area contributed by atoms with Gasteiger partial charge in [0.1, 0.15) is 5.01 Å². The third-order valence-corrected chi connectivity index (χ3v) is 5.17. The summed E-state index contributed by atoms with van der Waals surface area (Å²) < 4.78 is 0. The molecule has 0 amide bonds. The Balaban J connectivity index is 1.95. The van der Waals surface area contributed by atoms with Crippen molar-refractivity contribution in [3.05, 3.63) is 40.4 Å². The van der Waals surface area contributed by atoms with Gasteiger partial charge in [0.15, 0.2) is 0 Å². The molecule has 100 valence electrons. The predicted molar refractivity (Wildman–Crippen MR) is 81.7 cm³/mol. The molecular formula is C16H20N2S. The van der Waals surface area contributed by atoms with Crippen LogP contribution in [0, 0.1) is 0 Å². The molecule has 1 aromatic carbocycles. The number of aryl methyl sites for hydroxylation is 2. The number of benzene rings is 1. The maximum absolute atomic E-state index is 4.85. The Morgan fingerprint density at radius 1 is 1.32 bits per heavy atom. The molecule has 0 radical (unpaired) electrons. The van der Waals surface area contributed by atoms with Gasteiger partial charge in [-0.05, 0) is 38.3 Å². The highest BCUT2D eigenvalue weighted by atomic mass is 32.1. The molecule has 19 heavy (non-hydrogen) atoms. The van der Waals surface area contributed by atoms with Gasteiger partial charge in [-0.1, -0.05) is 31.2 Å². The normalized spacial score (nSPS) is 18.3. The van der Waals surface area contributed by atoms with Crippen LogP contribution in [0.3, 0.4) is 0 Å². The van der Waals surface area contributed by atoms with Crippen molar-refractivity contribution in [2.75, 3.05) is 7.05 Å². The standard InChI is InChI=1S/C16H20N2S/c1-3-11-7-9-12(10-8-11)16-18-14-6-4-5-13(17-2)15(14)19-16/h7-10,13,17H,3-6H2,1-2H3. The lowest BCUT2D eigenvalue weighted by atomic mass is 9.98. The van der Waals surface area contributed by atoms with Gasteiger partial charge in [0.25, 0.3) is 0 Å². The average Bonchev–Trinajstić information content (AvgIpc) is 2.91. The molecule has 1 heterocycles. The smallest absolute Gasteiger partial charge is 0.123 e. The van der Waals surface area contributed by atoms with E-state index in [9.17, 15) is 0 Å². The number of hydrogen-bond acceptors (Lipinski definition) is 3. The molecule has 1 aliphatic carbocycles. The maximum atomic E-state index is 4.85. The predicted octanol–water partition coefficient (Wildman–Crippen LogP) is 3.97. The first kappa shape index (κ1) is 12.8.